The van der Waals surface area contributed by atoms with Gasteiger partial charge in [0, 0.05) is 38.0 Å². The Hall–Kier alpha value is -1.98. The van der Waals surface area contributed by atoms with Gasteiger partial charge in [-0.05, 0) is 24.9 Å². The van der Waals surface area contributed by atoms with Crippen molar-refractivity contribution in [3.05, 3.63) is 53.0 Å². The number of aromatic nitrogens is 2. The molecule has 1 unspecified atom stereocenters. The topological polar surface area (TPSA) is 61.3 Å². The molecule has 0 amide bonds. The molecule has 24 heavy (non-hydrogen) atoms. The van der Waals surface area contributed by atoms with E-state index < -0.39 is 0 Å². The number of rotatable bonds is 3. The minimum Gasteiger partial charge on any atom is -0.391 e. The van der Waals surface area contributed by atoms with E-state index >= 15 is 0 Å². The first kappa shape index (κ1) is 15.5. The molecule has 2 N–H and O–H groups in total. The van der Waals surface area contributed by atoms with Crippen LogP contribution in [-0.2, 0) is 19.3 Å². The van der Waals surface area contributed by atoms with Crippen molar-refractivity contribution in [3.63, 3.8) is 0 Å². The molecule has 1 fully saturated rings. The highest BCUT2D eigenvalue weighted by Crippen LogP contribution is 2.27. The third-order valence-corrected chi connectivity index (χ3v) is 4.88. The average molecular weight is 324 g/mol. The summed E-state index contributed by atoms with van der Waals surface area (Å²) >= 11 is 0. The number of hydrogen-bond donors (Lipinski definition) is 2. The molecule has 2 aliphatic rings. The van der Waals surface area contributed by atoms with Gasteiger partial charge in [0.1, 0.15) is 11.6 Å². The van der Waals surface area contributed by atoms with E-state index in [1.807, 2.05) is 6.07 Å². The number of benzene rings is 1. The van der Waals surface area contributed by atoms with E-state index in [2.05, 4.69) is 34.5 Å². The fraction of sp³-hybridized carbons (Fsp3) is 0.474. The van der Waals surface area contributed by atoms with Gasteiger partial charge in [-0.3, -0.25) is 0 Å². The van der Waals surface area contributed by atoms with Crippen molar-refractivity contribution in [3.8, 4) is 0 Å². The molecule has 0 spiro atoms. The van der Waals surface area contributed by atoms with Crippen LogP contribution in [-0.4, -0.2) is 47.4 Å². The molecule has 0 radical (unpaired) electrons. The molecular formula is C19H24N4O. The van der Waals surface area contributed by atoms with Gasteiger partial charge < -0.3 is 15.3 Å². The van der Waals surface area contributed by atoms with Crippen molar-refractivity contribution < 1.29 is 5.11 Å². The van der Waals surface area contributed by atoms with Crippen LogP contribution in [0.3, 0.4) is 0 Å². The average Bonchev–Trinajstić information content (AvgIpc) is 2.89. The van der Waals surface area contributed by atoms with Crippen LogP contribution in [0.2, 0.25) is 0 Å². The molecule has 1 saturated heterocycles. The molecule has 2 aliphatic heterocycles. The Bertz CT molecular complexity index is 704. The molecule has 4 rings (SSSR count). The van der Waals surface area contributed by atoms with Crippen molar-refractivity contribution in [2.45, 2.75) is 31.8 Å². The number of aliphatic hydroxyl groups excluding tert-OH is 1. The lowest BCUT2D eigenvalue weighted by Crippen LogP contribution is -2.25. The van der Waals surface area contributed by atoms with E-state index in [1.165, 1.54) is 16.8 Å². The molecule has 0 bridgehead atoms. The maximum atomic E-state index is 9.93. The number of nitrogens with one attached hydrogen (secondary N) is 1. The van der Waals surface area contributed by atoms with Crippen LogP contribution in [0.4, 0.5) is 5.82 Å². The van der Waals surface area contributed by atoms with Gasteiger partial charge in [0.05, 0.1) is 11.8 Å². The van der Waals surface area contributed by atoms with Crippen molar-refractivity contribution in [2.75, 3.05) is 31.1 Å². The summed E-state index contributed by atoms with van der Waals surface area (Å²) in [6, 6.07) is 10.4. The summed E-state index contributed by atoms with van der Waals surface area (Å²) in [7, 11) is 0. The van der Waals surface area contributed by atoms with Crippen LogP contribution < -0.4 is 10.2 Å². The lowest BCUT2D eigenvalue weighted by Gasteiger charge is -2.22. The smallest absolute Gasteiger partial charge is 0.135 e. The second kappa shape index (κ2) is 6.87. The van der Waals surface area contributed by atoms with Crippen molar-refractivity contribution in [1.82, 2.24) is 15.3 Å². The quantitative estimate of drug-likeness (QED) is 0.892. The van der Waals surface area contributed by atoms with E-state index in [9.17, 15) is 5.11 Å². The predicted octanol–water partition coefficient (Wildman–Crippen LogP) is 1.33. The standard InChI is InChI=1S/C19H24N4O/c24-15-8-11-23(13-15)19-16-6-9-20-10-7-17(16)21-18(22-19)12-14-4-2-1-3-5-14/h1-5,15,20,24H,6-13H2. The Balaban J connectivity index is 1.71. The van der Waals surface area contributed by atoms with E-state index in [4.69, 9.17) is 9.97 Å². The largest absolute Gasteiger partial charge is 0.391 e. The molecule has 2 aromatic rings. The fourth-order valence-corrected chi connectivity index (χ4v) is 3.63. The summed E-state index contributed by atoms with van der Waals surface area (Å²) in [5, 5.41) is 13.4. The highest BCUT2D eigenvalue weighted by molar-refractivity contribution is 5.51. The minimum atomic E-state index is -0.239. The van der Waals surface area contributed by atoms with Gasteiger partial charge in [0.15, 0.2) is 0 Å². The summed E-state index contributed by atoms with van der Waals surface area (Å²) in [6.45, 7) is 3.50. The van der Waals surface area contributed by atoms with E-state index in [0.29, 0.717) is 6.54 Å². The van der Waals surface area contributed by atoms with Gasteiger partial charge in [-0.1, -0.05) is 30.3 Å². The monoisotopic (exact) mass is 324 g/mol. The van der Waals surface area contributed by atoms with Gasteiger partial charge in [-0.25, -0.2) is 9.97 Å². The molecule has 3 heterocycles. The summed E-state index contributed by atoms with van der Waals surface area (Å²) in [5.74, 6) is 1.93. The molecule has 5 heteroatoms. The van der Waals surface area contributed by atoms with Crippen LogP contribution in [0.5, 0.6) is 0 Å². The number of hydrogen-bond acceptors (Lipinski definition) is 5. The van der Waals surface area contributed by atoms with Crippen LogP contribution in [0.15, 0.2) is 30.3 Å². The Kier molecular flexibility index (Phi) is 4.45. The van der Waals surface area contributed by atoms with Crippen molar-refractivity contribution in [2.24, 2.45) is 0 Å². The number of nitrogens with zero attached hydrogens (tertiary/aromatic N) is 3. The summed E-state index contributed by atoms with van der Waals surface area (Å²) < 4.78 is 0. The normalized spacial score (nSPS) is 20.7. The Morgan fingerprint density at radius 2 is 1.96 bits per heavy atom. The first-order valence-electron chi connectivity index (χ1n) is 8.86. The Labute approximate surface area is 142 Å². The Morgan fingerprint density at radius 1 is 1.12 bits per heavy atom. The van der Waals surface area contributed by atoms with Gasteiger partial charge >= 0.3 is 0 Å². The highest BCUT2D eigenvalue weighted by Gasteiger charge is 2.26. The second-order valence-corrected chi connectivity index (χ2v) is 6.69. The minimum absolute atomic E-state index is 0.239. The molecule has 1 atom stereocenters. The second-order valence-electron chi connectivity index (χ2n) is 6.69. The molecule has 1 aromatic heterocycles. The van der Waals surface area contributed by atoms with E-state index in [-0.39, 0.29) is 6.10 Å². The van der Waals surface area contributed by atoms with Crippen LogP contribution in [0.25, 0.3) is 0 Å². The van der Waals surface area contributed by atoms with Crippen molar-refractivity contribution in [1.29, 1.82) is 0 Å². The molecule has 126 valence electrons. The lowest BCUT2D eigenvalue weighted by molar-refractivity contribution is 0.198. The molecule has 1 aromatic carbocycles. The zero-order valence-electron chi connectivity index (χ0n) is 13.9. The number of fused-ring (bicyclic) bond motifs is 1. The van der Waals surface area contributed by atoms with Crippen LogP contribution in [0, 0.1) is 0 Å². The number of β-amino-alcohol motifs (C(OH)–C–C–N with tert-alkyl or cyclic N) is 1. The maximum Gasteiger partial charge on any atom is 0.135 e. The maximum absolute atomic E-state index is 9.93. The molecule has 0 aliphatic carbocycles. The lowest BCUT2D eigenvalue weighted by atomic mass is 10.1. The zero-order chi connectivity index (χ0) is 16.4. The van der Waals surface area contributed by atoms with Crippen molar-refractivity contribution >= 4 is 5.82 Å². The zero-order valence-corrected chi connectivity index (χ0v) is 13.9. The summed E-state index contributed by atoms with van der Waals surface area (Å²) in [5.41, 5.74) is 3.68. The number of anilines is 1. The fourth-order valence-electron chi connectivity index (χ4n) is 3.63. The number of aliphatic hydroxyl groups is 1. The third-order valence-electron chi connectivity index (χ3n) is 4.88. The van der Waals surface area contributed by atoms with Crippen LogP contribution in [0.1, 0.15) is 29.1 Å². The van der Waals surface area contributed by atoms with Gasteiger partial charge in [0.25, 0.3) is 0 Å². The van der Waals surface area contributed by atoms with Gasteiger partial charge in [0.2, 0.25) is 0 Å². The first-order valence-corrected chi connectivity index (χ1v) is 8.86. The van der Waals surface area contributed by atoms with Crippen LogP contribution >= 0.6 is 0 Å². The third kappa shape index (κ3) is 3.28. The van der Waals surface area contributed by atoms with E-state index in [0.717, 1.165) is 57.0 Å². The highest BCUT2D eigenvalue weighted by atomic mass is 16.3. The molecule has 0 saturated carbocycles. The first-order chi connectivity index (χ1) is 11.8. The summed E-state index contributed by atoms with van der Waals surface area (Å²) in [4.78, 5) is 12.0. The summed E-state index contributed by atoms with van der Waals surface area (Å²) in [6.07, 6.45) is 3.25. The predicted molar refractivity (Wildman–Crippen MR) is 94.4 cm³/mol. The molecular weight excluding hydrogens is 300 g/mol. The van der Waals surface area contributed by atoms with E-state index in [1.54, 1.807) is 0 Å². The van der Waals surface area contributed by atoms with Gasteiger partial charge in [-0.15, -0.1) is 0 Å². The molecule has 5 nitrogen and oxygen atoms in total. The SMILES string of the molecule is OC1CCN(c2nc(Cc3ccccc3)nc3c2CCNCC3)C1. The van der Waals surface area contributed by atoms with Gasteiger partial charge in [-0.2, -0.15) is 0 Å². The Morgan fingerprint density at radius 3 is 2.75 bits per heavy atom.